The first-order chi connectivity index (χ1) is 10.2. The fraction of sp³-hybridized carbons (Fsp3) is 0.500. The molecule has 2 aromatic heterocycles. The van der Waals surface area contributed by atoms with Crippen LogP contribution in [0, 0.1) is 5.92 Å². The van der Waals surface area contributed by atoms with Gasteiger partial charge in [-0.05, 0) is 43.0 Å². The minimum Gasteiger partial charge on any atom is -0.343 e. The second-order valence-electron chi connectivity index (χ2n) is 5.95. The number of carbonyl (C=O) groups is 1. The van der Waals surface area contributed by atoms with Gasteiger partial charge in [0.2, 0.25) is 0 Å². The molecule has 21 heavy (non-hydrogen) atoms. The summed E-state index contributed by atoms with van der Waals surface area (Å²) in [5, 5.41) is 12.5. The van der Waals surface area contributed by atoms with Gasteiger partial charge in [-0.1, -0.05) is 19.9 Å². The summed E-state index contributed by atoms with van der Waals surface area (Å²) in [6, 6.07) is 4.15. The molecule has 2 N–H and O–H groups in total. The summed E-state index contributed by atoms with van der Waals surface area (Å²) >= 11 is 1.68. The summed E-state index contributed by atoms with van der Waals surface area (Å²) in [6.07, 6.45) is 4.29. The third kappa shape index (κ3) is 2.88. The normalized spacial score (nSPS) is 15.8. The van der Waals surface area contributed by atoms with Crippen molar-refractivity contribution in [2.75, 3.05) is 0 Å². The van der Waals surface area contributed by atoms with Crippen LogP contribution in [0.2, 0.25) is 0 Å². The predicted octanol–water partition coefficient (Wildman–Crippen LogP) is 3.48. The molecule has 3 rings (SSSR count). The molecular formula is C16H21N3OS. The highest BCUT2D eigenvalue weighted by Crippen LogP contribution is 2.27. The summed E-state index contributed by atoms with van der Waals surface area (Å²) in [7, 11) is 0. The van der Waals surface area contributed by atoms with Crippen molar-refractivity contribution < 1.29 is 4.79 Å². The molecule has 0 unspecified atom stereocenters. The van der Waals surface area contributed by atoms with E-state index in [1.807, 2.05) is 11.4 Å². The van der Waals surface area contributed by atoms with E-state index in [-0.39, 0.29) is 11.9 Å². The Morgan fingerprint density at radius 3 is 2.90 bits per heavy atom. The van der Waals surface area contributed by atoms with E-state index in [0.717, 1.165) is 30.5 Å². The minimum atomic E-state index is -0.0542. The van der Waals surface area contributed by atoms with Gasteiger partial charge in [0.05, 0.1) is 6.04 Å². The number of thiophene rings is 1. The van der Waals surface area contributed by atoms with Crippen LogP contribution in [-0.2, 0) is 12.8 Å². The van der Waals surface area contributed by atoms with Crippen LogP contribution in [0.1, 0.15) is 59.4 Å². The van der Waals surface area contributed by atoms with E-state index in [2.05, 4.69) is 35.4 Å². The average molecular weight is 303 g/mol. The Bertz CT molecular complexity index is 616. The molecule has 0 fully saturated rings. The van der Waals surface area contributed by atoms with Crippen LogP contribution in [-0.4, -0.2) is 16.1 Å². The Balaban J connectivity index is 1.80. The van der Waals surface area contributed by atoms with Gasteiger partial charge in [0.15, 0.2) is 5.69 Å². The Morgan fingerprint density at radius 1 is 1.38 bits per heavy atom. The van der Waals surface area contributed by atoms with Crippen molar-refractivity contribution in [1.82, 2.24) is 15.5 Å². The number of hydrogen-bond donors (Lipinski definition) is 2. The van der Waals surface area contributed by atoms with E-state index < -0.39 is 0 Å². The third-order valence-electron chi connectivity index (χ3n) is 4.07. The van der Waals surface area contributed by atoms with Gasteiger partial charge in [0, 0.05) is 16.1 Å². The lowest BCUT2D eigenvalue weighted by atomic mass is 9.95. The SMILES string of the molecule is CC(C)[C@@H](NC(=O)c1n[nH]c2c1CCCC2)c1cccs1. The molecule has 0 saturated carbocycles. The van der Waals surface area contributed by atoms with Gasteiger partial charge in [-0.3, -0.25) is 9.89 Å². The lowest BCUT2D eigenvalue weighted by Crippen LogP contribution is -2.32. The molecule has 4 nitrogen and oxygen atoms in total. The molecule has 5 heteroatoms. The van der Waals surface area contributed by atoms with Crippen molar-refractivity contribution >= 4 is 17.2 Å². The van der Waals surface area contributed by atoms with Crippen LogP contribution in [0.3, 0.4) is 0 Å². The largest absolute Gasteiger partial charge is 0.343 e. The maximum Gasteiger partial charge on any atom is 0.272 e. The maximum absolute atomic E-state index is 12.6. The molecule has 1 atom stereocenters. The summed E-state index contributed by atoms with van der Waals surface area (Å²) in [6.45, 7) is 4.26. The molecule has 0 bridgehead atoms. The molecule has 0 aromatic carbocycles. The smallest absolute Gasteiger partial charge is 0.272 e. The van der Waals surface area contributed by atoms with Crippen molar-refractivity contribution in [3.05, 3.63) is 39.3 Å². The number of amides is 1. The van der Waals surface area contributed by atoms with E-state index in [0.29, 0.717) is 11.6 Å². The number of nitrogens with zero attached hydrogens (tertiary/aromatic N) is 1. The number of rotatable bonds is 4. The molecule has 1 amide bonds. The van der Waals surface area contributed by atoms with Crippen LogP contribution < -0.4 is 5.32 Å². The monoisotopic (exact) mass is 303 g/mol. The van der Waals surface area contributed by atoms with Crippen LogP contribution in [0.4, 0.5) is 0 Å². The minimum absolute atomic E-state index is 0.0495. The molecule has 112 valence electrons. The van der Waals surface area contributed by atoms with Crippen LogP contribution in [0.5, 0.6) is 0 Å². The second kappa shape index (κ2) is 6.02. The van der Waals surface area contributed by atoms with Gasteiger partial charge in [-0.25, -0.2) is 0 Å². The maximum atomic E-state index is 12.6. The predicted molar refractivity (Wildman–Crippen MR) is 84.6 cm³/mol. The molecule has 0 saturated heterocycles. The fourth-order valence-electron chi connectivity index (χ4n) is 2.91. The first-order valence-electron chi connectivity index (χ1n) is 7.57. The first-order valence-corrected chi connectivity index (χ1v) is 8.45. The molecular weight excluding hydrogens is 282 g/mol. The number of nitrogens with one attached hydrogen (secondary N) is 2. The van der Waals surface area contributed by atoms with Crippen molar-refractivity contribution in [2.45, 2.75) is 45.6 Å². The van der Waals surface area contributed by atoms with Crippen molar-refractivity contribution in [3.63, 3.8) is 0 Å². The van der Waals surface area contributed by atoms with E-state index >= 15 is 0 Å². The van der Waals surface area contributed by atoms with Crippen molar-refractivity contribution in [1.29, 1.82) is 0 Å². The number of fused-ring (bicyclic) bond motifs is 1. The topological polar surface area (TPSA) is 57.8 Å². The lowest BCUT2D eigenvalue weighted by molar-refractivity contribution is 0.0920. The summed E-state index contributed by atoms with van der Waals surface area (Å²) in [4.78, 5) is 13.8. The number of H-pyrrole nitrogens is 1. The molecule has 2 heterocycles. The quantitative estimate of drug-likeness (QED) is 0.908. The van der Waals surface area contributed by atoms with Gasteiger partial charge in [0.1, 0.15) is 0 Å². The number of aromatic amines is 1. The van der Waals surface area contributed by atoms with Crippen LogP contribution >= 0.6 is 11.3 Å². The standard InChI is InChI=1S/C16H21N3OS/c1-10(2)14(13-8-5-9-21-13)17-16(20)15-11-6-3-4-7-12(11)18-19-15/h5,8-10,14H,3-4,6-7H2,1-2H3,(H,17,20)(H,18,19)/t14-/m1/s1. The van der Waals surface area contributed by atoms with Crippen molar-refractivity contribution in [2.24, 2.45) is 5.92 Å². The zero-order chi connectivity index (χ0) is 14.8. The number of carbonyl (C=O) groups excluding carboxylic acids is 1. The van der Waals surface area contributed by atoms with E-state index in [1.165, 1.54) is 11.3 Å². The average Bonchev–Trinajstić information content (AvgIpc) is 3.13. The molecule has 0 aliphatic heterocycles. The first kappa shape index (κ1) is 14.3. The van der Waals surface area contributed by atoms with E-state index in [9.17, 15) is 4.79 Å². The zero-order valence-corrected chi connectivity index (χ0v) is 13.3. The van der Waals surface area contributed by atoms with Gasteiger partial charge in [-0.15, -0.1) is 11.3 Å². The van der Waals surface area contributed by atoms with E-state index in [4.69, 9.17) is 0 Å². The Kier molecular flexibility index (Phi) is 4.10. The fourth-order valence-corrected chi connectivity index (χ4v) is 3.86. The molecule has 0 spiro atoms. The van der Waals surface area contributed by atoms with Gasteiger partial charge >= 0.3 is 0 Å². The Morgan fingerprint density at radius 2 is 2.19 bits per heavy atom. The van der Waals surface area contributed by atoms with Crippen molar-refractivity contribution in [3.8, 4) is 0 Å². The Labute approximate surface area is 129 Å². The highest BCUT2D eigenvalue weighted by Gasteiger charge is 2.25. The second-order valence-corrected chi connectivity index (χ2v) is 6.93. The molecule has 1 aliphatic carbocycles. The van der Waals surface area contributed by atoms with E-state index in [1.54, 1.807) is 11.3 Å². The highest BCUT2D eigenvalue weighted by molar-refractivity contribution is 7.10. The number of aromatic nitrogens is 2. The van der Waals surface area contributed by atoms with Gasteiger partial charge < -0.3 is 5.32 Å². The van der Waals surface area contributed by atoms with Gasteiger partial charge in [0.25, 0.3) is 5.91 Å². The molecule has 0 radical (unpaired) electrons. The highest BCUT2D eigenvalue weighted by atomic mass is 32.1. The summed E-state index contributed by atoms with van der Waals surface area (Å²) in [5.41, 5.74) is 2.85. The lowest BCUT2D eigenvalue weighted by Gasteiger charge is -2.21. The molecule has 2 aromatic rings. The zero-order valence-electron chi connectivity index (χ0n) is 12.5. The van der Waals surface area contributed by atoms with Gasteiger partial charge in [-0.2, -0.15) is 5.10 Å². The van der Waals surface area contributed by atoms with Crippen LogP contribution in [0.25, 0.3) is 0 Å². The summed E-state index contributed by atoms with van der Waals surface area (Å²) < 4.78 is 0. The number of aryl methyl sites for hydroxylation is 1. The third-order valence-corrected chi connectivity index (χ3v) is 5.03. The summed E-state index contributed by atoms with van der Waals surface area (Å²) in [5.74, 6) is 0.295. The molecule has 1 aliphatic rings. The Hall–Kier alpha value is -1.62. The number of hydrogen-bond acceptors (Lipinski definition) is 3. The van der Waals surface area contributed by atoms with Crippen LogP contribution in [0.15, 0.2) is 17.5 Å².